The van der Waals surface area contributed by atoms with E-state index in [-0.39, 0.29) is 10.6 Å². The molecule has 0 atom stereocenters. The molecule has 2 amide bonds. The molecule has 0 fully saturated rings. The van der Waals surface area contributed by atoms with Crippen LogP contribution in [0.2, 0.25) is 0 Å². The first kappa shape index (κ1) is 22.0. The number of alkyl halides is 6. The number of carbonyl (C=O) groups excluding carboxylic acids is 1. The maximum absolute atomic E-state index is 12.3. The molecule has 2 rings (SSSR count). The Bertz CT molecular complexity index is 872. The number of nitrogens with one attached hydrogen (secondary N) is 2. The highest BCUT2D eigenvalue weighted by atomic mass is 32.1. The summed E-state index contributed by atoms with van der Waals surface area (Å²) in [5.41, 5.74) is 0.270. The van der Waals surface area contributed by atoms with Gasteiger partial charge < -0.3 is 9.47 Å². The van der Waals surface area contributed by atoms with Crippen LogP contribution in [-0.2, 0) is 0 Å². The summed E-state index contributed by atoms with van der Waals surface area (Å²) in [6, 6.07) is 2.82. The number of nitriles is 1. The number of amides is 2. The number of halogens is 6. The summed E-state index contributed by atoms with van der Waals surface area (Å²) in [5, 5.41) is 14.7. The van der Waals surface area contributed by atoms with Crippen LogP contribution in [0.1, 0.15) is 5.56 Å². The number of urea groups is 1. The third-order valence-electron chi connectivity index (χ3n) is 2.64. The quantitative estimate of drug-likeness (QED) is 0.658. The molecule has 0 saturated heterocycles. The molecule has 0 spiro atoms. The van der Waals surface area contributed by atoms with Crippen molar-refractivity contribution in [1.82, 2.24) is 9.97 Å². The molecule has 2 aromatic rings. The Kier molecular flexibility index (Phi) is 6.69. The number of ether oxygens (including phenoxy) is 2. The van der Waals surface area contributed by atoms with E-state index in [2.05, 4.69) is 24.8 Å². The van der Waals surface area contributed by atoms with Gasteiger partial charge in [0.15, 0.2) is 13.2 Å². The van der Waals surface area contributed by atoms with E-state index in [0.29, 0.717) is 6.07 Å². The van der Waals surface area contributed by atoms with E-state index < -0.39 is 49.3 Å². The zero-order chi connectivity index (χ0) is 21.7. The lowest BCUT2D eigenvalue weighted by Gasteiger charge is -2.13. The molecule has 156 valence electrons. The Morgan fingerprint density at radius 2 is 1.59 bits per heavy atom. The topological polar surface area (TPSA) is 109 Å². The van der Waals surface area contributed by atoms with Crippen LogP contribution < -0.4 is 20.1 Å². The molecule has 0 unspecified atom stereocenters. The van der Waals surface area contributed by atoms with E-state index in [1.807, 2.05) is 11.4 Å². The van der Waals surface area contributed by atoms with Gasteiger partial charge in [0.25, 0.3) is 0 Å². The minimum absolute atomic E-state index is 0.247. The first-order valence-corrected chi connectivity index (χ1v) is 8.16. The lowest BCUT2D eigenvalue weighted by atomic mass is 10.4. The van der Waals surface area contributed by atoms with Gasteiger partial charge in [0, 0.05) is 5.38 Å². The van der Waals surface area contributed by atoms with Gasteiger partial charge in [-0.3, -0.25) is 10.6 Å². The minimum Gasteiger partial charge on any atom is -0.468 e. The van der Waals surface area contributed by atoms with E-state index in [1.54, 1.807) is 0 Å². The number of hydrogen-bond donors (Lipinski definition) is 2. The summed E-state index contributed by atoms with van der Waals surface area (Å²) in [6.45, 7) is -3.55. The largest absolute Gasteiger partial charge is 0.468 e. The Labute approximate surface area is 162 Å². The molecule has 29 heavy (non-hydrogen) atoms. The lowest BCUT2D eigenvalue weighted by molar-refractivity contribution is -0.154. The third-order valence-corrected chi connectivity index (χ3v) is 3.48. The van der Waals surface area contributed by atoms with Crippen LogP contribution in [0.3, 0.4) is 0 Å². The van der Waals surface area contributed by atoms with Gasteiger partial charge in [-0.2, -0.15) is 41.6 Å². The van der Waals surface area contributed by atoms with Crippen molar-refractivity contribution < 1.29 is 40.6 Å². The molecule has 0 aliphatic carbocycles. The van der Waals surface area contributed by atoms with Crippen LogP contribution in [0.4, 0.5) is 42.1 Å². The molecule has 2 heterocycles. The molecule has 0 saturated carbocycles. The number of anilines is 2. The zero-order valence-corrected chi connectivity index (χ0v) is 14.7. The number of carbonyl (C=O) groups is 1. The fourth-order valence-electron chi connectivity index (χ4n) is 1.62. The van der Waals surface area contributed by atoms with Gasteiger partial charge in [-0.1, -0.05) is 0 Å². The van der Waals surface area contributed by atoms with Gasteiger partial charge in [0.05, 0.1) is 16.6 Å². The van der Waals surface area contributed by atoms with Gasteiger partial charge >= 0.3 is 18.4 Å². The summed E-state index contributed by atoms with van der Waals surface area (Å²) in [4.78, 5) is 18.9. The van der Waals surface area contributed by atoms with Crippen LogP contribution in [-0.4, -0.2) is 41.6 Å². The Morgan fingerprint density at radius 3 is 2.03 bits per heavy atom. The Morgan fingerprint density at radius 1 is 1.03 bits per heavy atom. The molecule has 15 heteroatoms. The number of nitrogens with zero attached hydrogens (tertiary/aromatic N) is 3. The first-order valence-electron chi connectivity index (χ1n) is 7.28. The van der Waals surface area contributed by atoms with Crippen molar-refractivity contribution in [3.8, 4) is 17.8 Å². The predicted octanol–water partition coefficient (Wildman–Crippen LogP) is 3.94. The van der Waals surface area contributed by atoms with Crippen molar-refractivity contribution >= 4 is 28.3 Å². The molecular formula is C14H9F6N5O3S. The molecule has 8 nitrogen and oxygen atoms in total. The van der Waals surface area contributed by atoms with E-state index in [9.17, 15) is 31.1 Å². The average Bonchev–Trinajstić information content (AvgIpc) is 3.04. The summed E-state index contributed by atoms with van der Waals surface area (Å²) in [7, 11) is 0. The fourth-order valence-corrected chi connectivity index (χ4v) is 2.35. The average molecular weight is 441 g/mol. The van der Waals surface area contributed by atoms with Gasteiger partial charge in [-0.15, -0.1) is 11.3 Å². The number of thiophene rings is 1. The van der Waals surface area contributed by atoms with Crippen molar-refractivity contribution in [2.24, 2.45) is 0 Å². The maximum Gasteiger partial charge on any atom is 0.422 e. The summed E-state index contributed by atoms with van der Waals surface area (Å²) in [6.07, 6.45) is -9.47. The zero-order valence-electron chi connectivity index (χ0n) is 13.9. The SMILES string of the molecule is N#Cc1csc(NC(=O)Nc2nc(OCC(F)(F)F)cc(OCC(F)(F)F)n2)c1. The molecule has 2 N–H and O–H groups in total. The second kappa shape index (κ2) is 8.82. The highest BCUT2D eigenvalue weighted by Gasteiger charge is 2.30. The summed E-state index contributed by atoms with van der Waals surface area (Å²) < 4.78 is 82.4. The number of aromatic nitrogens is 2. The lowest BCUT2D eigenvalue weighted by Crippen LogP contribution is -2.23. The maximum atomic E-state index is 12.3. The van der Waals surface area contributed by atoms with Gasteiger partial charge in [0.1, 0.15) is 6.07 Å². The third kappa shape index (κ3) is 8.09. The van der Waals surface area contributed by atoms with Gasteiger partial charge in [-0.05, 0) is 6.07 Å². The number of rotatable bonds is 6. The van der Waals surface area contributed by atoms with Crippen LogP contribution in [0, 0.1) is 11.3 Å². The molecule has 0 radical (unpaired) electrons. The van der Waals surface area contributed by atoms with Crippen molar-refractivity contribution in [3.63, 3.8) is 0 Å². The fraction of sp³-hybridized carbons (Fsp3) is 0.286. The van der Waals surface area contributed by atoms with Crippen molar-refractivity contribution in [2.45, 2.75) is 12.4 Å². The van der Waals surface area contributed by atoms with E-state index in [0.717, 1.165) is 11.3 Å². The van der Waals surface area contributed by atoms with Crippen molar-refractivity contribution in [2.75, 3.05) is 23.8 Å². The van der Waals surface area contributed by atoms with Crippen LogP contribution in [0.5, 0.6) is 11.8 Å². The number of hydrogen-bond acceptors (Lipinski definition) is 7. The van der Waals surface area contributed by atoms with Gasteiger partial charge in [-0.25, -0.2) is 4.79 Å². The highest BCUT2D eigenvalue weighted by molar-refractivity contribution is 7.14. The molecule has 0 aliphatic heterocycles. The van der Waals surface area contributed by atoms with Crippen molar-refractivity contribution in [1.29, 1.82) is 5.26 Å². The Balaban J connectivity index is 2.14. The van der Waals surface area contributed by atoms with Gasteiger partial charge in [0.2, 0.25) is 17.7 Å². The molecule has 2 aromatic heterocycles. The monoisotopic (exact) mass is 441 g/mol. The standard InChI is InChI=1S/C14H9F6N5O3S/c15-13(16,17)5-27-8-2-9(28-6-14(18,19)20)23-11(22-8)25-12(26)24-10-1-7(3-21)4-29-10/h1-2,4H,5-6H2,(H2,22,23,24,25,26). The summed E-state index contributed by atoms with van der Waals surface area (Å²) in [5.74, 6) is -2.21. The minimum atomic E-state index is -4.74. The second-order valence-corrected chi connectivity index (χ2v) is 5.98. The van der Waals surface area contributed by atoms with E-state index in [4.69, 9.17) is 5.26 Å². The molecule has 0 bridgehead atoms. The van der Waals surface area contributed by atoms with Crippen LogP contribution in [0.25, 0.3) is 0 Å². The highest BCUT2D eigenvalue weighted by Crippen LogP contribution is 2.24. The molecule has 0 aliphatic rings. The van der Waals surface area contributed by atoms with Crippen LogP contribution in [0.15, 0.2) is 17.5 Å². The molecular weight excluding hydrogens is 432 g/mol. The van der Waals surface area contributed by atoms with Crippen molar-refractivity contribution in [3.05, 3.63) is 23.1 Å². The predicted molar refractivity (Wildman–Crippen MR) is 86.8 cm³/mol. The smallest absolute Gasteiger partial charge is 0.422 e. The van der Waals surface area contributed by atoms with E-state index >= 15 is 0 Å². The molecule has 0 aromatic carbocycles. The second-order valence-electron chi connectivity index (χ2n) is 5.07. The summed E-state index contributed by atoms with van der Waals surface area (Å²) >= 11 is 1.01. The first-order chi connectivity index (χ1) is 13.4. The van der Waals surface area contributed by atoms with Crippen LogP contribution >= 0.6 is 11.3 Å². The normalized spacial score (nSPS) is 11.5. The Hall–Kier alpha value is -3.28. The van der Waals surface area contributed by atoms with E-state index in [1.165, 1.54) is 11.4 Å².